The molecule has 106 valence electrons. The topological polar surface area (TPSA) is 62.7 Å². The van der Waals surface area contributed by atoms with Crippen LogP contribution in [0.4, 0.5) is 0 Å². The van der Waals surface area contributed by atoms with E-state index in [4.69, 9.17) is 4.74 Å². The maximum Gasteiger partial charge on any atom is 0.281 e. The predicted molar refractivity (Wildman–Crippen MR) is 72.2 cm³/mol. The van der Waals surface area contributed by atoms with E-state index >= 15 is 0 Å². The molecule has 0 aromatic carbocycles. The summed E-state index contributed by atoms with van der Waals surface area (Å²) < 4.78 is 32.3. The van der Waals surface area contributed by atoms with Crippen LogP contribution in [-0.4, -0.2) is 55.3 Å². The monoisotopic (exact) mass is 285 g/mol. The number of ether oxygens (including phenoxy) is 1. The number of nitrogens with zero attached hydrogens (tertiary/aromatic N) is 3. The first-order valence-corrected chi connectivity index (χ1v) is 7.56. The summed E-state index contributed by atoms with van der Waals surface area (Å²) in [5, 5.41) is 0. The Morgan fingerprint density at radius 2 is 2.16 bits per heavy atom. The highest BCUT2D eigenvalue weighted by atomic mass is 32.2. The molecule has 1 aromatic heterocycles. The summed E-state index contributed by atoms with van der Waals surface area (Å²) in [5.41, 5.74) is 1.07. The Bertz CT molecular complexity index is 528. The van der Waals surface area contributed by atoms with Crippen LogP contribution < -0.4 is 4.74 Å². The second-order valence-electron chi connectivity index (χ2n) is 4.85. The van der Waals surface area contributed by atoms with Crippen molar-refractivity contribution in [2.24, 2.45) is 0 Å². The first-order valence-electron chi connectivity index (χ1n) is 6.16. The smallest absolute Gasteiger partial charge is 0.281 e. The van der Waals surface area contributed by atoms with Gasteiger partial charge in [0.15, 0.2) is 0 Å². The van der Waals surface area contributed by atoms with Crippen LogP contribution in [0.2, 0.25) is 0 Å². The van der Waals surface area contributed by atoms with Gasteiger partial charge in [-0.15, -0.1) is 0 Å². The molecular formula is C12H19N3O3S. The Morgan fingerprint density at radius 3 is 2.74 bits per heavy atom. The number of hydrogen-bond acceptors (Lipinski definition) is 4. The van der Waals surface area contributed by atoms with E-state index in [1.165, 1.54) is 22.7 Å². The molecule has 0 unspecified atom stereocenters. The molecule has 1 aromatic rings. The van der Waals surface area contributed by atoms with Crippen molar-refractivity contribution in [3.63, 3.8) is 0 Å². The van der Waals surface area contributed by atoms with E-state index in [0.717, 1.165) is 5.56 Å². The number of hydrogen-bond donors (Lipinski definition) is 0. The minimum atomic E-state index is -3.34. The average Bonchev–Trinajstić information content (AvgIpc) is 2.81. The van der Waals surface area contributed by atoms with E-state index < -0.39 is 10.2 Å². The van der Waals surface area contributed by atoms with E-state index in [1.807, 2.05) is 13.0 Å². The van der Waals surface area contributed by atoms with Crippen LogP contribution in [0, 0.1) is 6.92 Å². The Balaban J connectivity index is 1.98. The lowest BCUT2D eigenvalue weighted by atomic mass is 10.3. The summed E-state index contributed by atoms with van der Waals surface area (Å²) in [6, 6.07) is 3.73. The van der Waals surface area contributed by atoms with E-state index in [-0.39, 0.29) is 6.10 Å². The van der Waals surface area contributed by atoms with Gasteiger partial charge in [0, 0.05) is 32.9 Å². The molecule has 0 amide bonds. The Kier molecular flexibility index (Phi) is 4.07. The van der Waals surface area contributed by atoms with Crippen molar-refractivity contribution in [2.45, 2.75) is 19.4 Å². The third kappa shape index (κ3) is 3.23. The molecule has 7 heteroatoms. The lowest BCUT2D eigenvalue weighted by Crippen LogP contribution is -2.39. The average molecular weight is 285 g/mol. The SMILES string of the molecule is Cc1ccc(O[C@H]2CCN(S(=O)(=O)N(C)C)C2)nc1. The van der Waals surface area contributed by atoms with Crippen molar-refractivity contribution in [3.8, 4) is 5.88 Å². The number of rotatable bonds is 4. The highest BCUT2D eigenvalue weighted by Gasteiger charge is 2.33. The van der Waals surface area contributed by atoms with Crippen LogP contribution in [0.1, 0.15) is 12.0 Å². The van der Waals surface area contributed by atoms with Crippen molar-refractivity contribution < 1.29 is 13.2 Å². The van der Waals surface area contributed by atoms with Crippen LogP contribution in [-0.2, 0) is 10.2 Å². The summed E-state index contributed by atoms with van der Waals surface area (Å²) in [7, 11) is -0.277. The third-order valence-electron chi connectivity index (χ3n) is 3.07. The van der Waals surface area contributed by atoms with E-state index in [0.29, 0.717) is 25.4 Å². The molecule has 1 atom stereocenters. The maximum atomic E-state index is 12.0. The second kappa shape index (κ2) is 5.44. The third-order valence-corrected chi connectivity index (χ3v) is 4.97. The van der Waals surface area contributed by atoms with E-state index in [9.17, 15) is 8.42 Å². The lowest BCUT2D eigenvalue weighted by molar-refractivity contribution is 0.206. The van der Waals surface area contributed by atoms with Crippen molar-refractivity contribution >= 4 is 10.2 Å². The number of pyridine rings is 1. The van der Waals surface area contributed by atoms with Crippen LogP contribution in [0.5, 0.6) is 5.88 Å². The molecule has 1 aliphatic rings. The molecule has 0 radical (unpaired) electrons. The molecule has 0 spiro atoms. The molecular weight excluding hydrogens is 266 g/mol. The van der Waals surface area contributed by atoms with Gasteiger partial charge in [-0.05, 0) is 18.9 Å². The van der Waals surface area contributed by atoms with Crippen molar-refractivity contribution in [3.05, 3.63) is 23.9 Å². The molecule has 1 fully saturated rings. The lowest BCUT2D eigenvalue weighted by Gasteiger charge is -2.20. The zero-order valence-corrected chi connectivity index (χ0v) is 12.2. The first kappa shape index (κ1) is 14.2. The quantitative estimate of drug-likeness (QED) is 0.815. The van der Waals surface area contributed by atoms with Crippen molar-refractivity contribution in [1.29, 1.82) is 0 Å². The van der Waals surface area contributed by atoms with Crippen LogP contribution >= 0.6 is 0 Å². The highest BCUT2D eigenvalue weighted by molar-refractivity contribution is 7.86. The van der Waals surface area contributed by atoms with Gasteiger partial charge in [-0.1, -0.05) is 6.07 Å². The Hall–Kier alpha value is -1.18. The van der Waals surface area contributed by atoms with Gasteiger partial charge in [0.1, 0.15) is 6.10 Å². The summed E-state index contributed by atoms with van der Waals surface area (Å²) in [6.07, 6.45) is 2.28. The van der Waals surface area contributed by atoms with Gasteiger partial charge in [-0.25, -0.2) is 4.98 Å². The summed E-state index contributed by atoms with van der Waals surface area (Å²) >= 11 is 0. The first-order chi connectivity index (χ1) is 8.89. The van der Waals surface area contributed by atoms with Gasteiger partial charge < -0.3 is 4.74 Å². The summed E-state index contributed by atoms with van der Waals surface area (Å²) in [5.74, 6) is 0.541. The summed E-state index contributed by atoms with van der Waals surface area (Å²) in [4.78, 5) is 4.16. The van der Waals surface area contributed by atoms with Gasteiger partial charge >= 0.3 is 0 Å². The van der Waals surface area contributed by atoms with Gasteiger partial charge in [-0.3, -0.25) is 0 Å². The second-order valence-corrected chi connectivity index (χ2v) is 6.99. The van der Waals surface area contributed by atoms with E-state index in [2.05, 4.69) is 4.98 Å². The predicted octanol–water partition coefficient (Wildman–Crippen LogP) is 0.650. The molecule has 19 heavy (non-hydrogen) atoms. The Labute approximate surface area is 114 Å². The molecule has 2 heterocycles. The van der Waals surface area contributed by atoms with Crippen LogP contribution in [0.25, 0.3) is 0 Å². The van der Waals surface area contributed by atoms with Crippen LogP contribution in [0.3, 0.4) is 0 Å². The minimum absolute atomic E-state index is 0.134. The van der Waals surface area contributed by atoms with Crippen LogP contribution in [0.15, 0.2) is 18.3 Å². The van der Waals surface area contributed by atoms with Gasteiger partial charge in [0.2, 0.25) is 5.88 Å². The summed E-state index contributed by atoms with van der Waals surface area (Å²) in [6.45, 7) is 2.81. The van der Waals surface area contributed by atoms with Gasteiger partial charge in [0.05, 0.1) is 6.54 Å². The number of aryl methyl sites for hydroxylation is 1. The molecule has 1 aliphatic heterocycles. The zero-order chi connectivity index (χ0) is 14.0. The fourth-order valence-corrected chi connectivity index (χ4v) is 3.08. The fourth-order valence-electron chi connectivity index (χ4n) is 1.93. The van der Waals surface area contributed by atoms with Crippen molar-refractivity contribution in [2.75, 3.05) is 27.2 Å². The van der Waals surface area contributed by atoms with Gasteiger partial charge in [-0.2, -0.15) is 17.0 Å². The largest absolute Gasteiger partial charge is 0.473 e. The van der Waals surface area contributed by atoms with Crippen molar-refractivity contribution in [1.82, 2.24) is 13.6 Å². The molecule has 0 N–H and O–H groups in total. The maximum absolute atomic E-state index is 12.0. The fraction of sp³-hybridized carbons (Fsp3) is 0.583. The standard InChI is InChI=1S/C12H19N3O3S/c1-10-4-5-12(13-8-10)18-11-6-7-15(9-11)19(16,17)14(2)3/h4-5,8,11H,6-7,9H2,1-3H3/t11-/m0/s1. The normalized spacial score (nSPS) is 20.9. The molecule has 0 bridgehead atoms. The molecule has 6 nitrogen and oxygen atoms in total. The highest BCUT2D eigenvalue weighted by Crippen LogP contribution is 2.19. The zero-order valence-electron chi connectivity index (χ0n) is 11.4. The molecule has 1 saturated heterocycles. The van der Waals surface area contributed by atoms with Gasteiger partial charge in [0.25, 0.3) is 10.2 Å². The number of aromatic nitrogens is 1. The molecule has 2 rings (SSSR count). The minimum Gasteiger partial charge on any atom is -0.473 e. The Morgan fingerprint density at radius 1 is 1.42 bits per heavy atom. The van der Waals surface area contributed by atoms with E-state index in [1.54, 1.807) is 12.3 Å². The molecule has 0 saturated carbocycles. The molecule has 0 aliphatic carbocycles.